The molecule has 3 aromatic carbocycles. The molecule has 1 amide bonds. The summed E-state index contributed by atoms with van der Waals surface area (Å²) in [7, 11) is 0. The van der Waals surface area contributed by atoms with Gasteiger partial charge in [0, 0.05) is 13.1 Å². The highest BCUT2D eigenvalue weighted by Crippen LogP contribution is 2.31. The number of amides is 1. The topological polar surface area (TPSA) is 89.7 Å². The molecule has 9 heteroatoms. The van der Waals surface area contributed by atoms with Gasteiger partial charge in [0.05, 0.1) is 35.6 Å². The fourth-order valence-electron chi connectivity index (χ4n) is 4.49. The molecule has 0 bridgehead atoms. The molecule has 1 saturated heterocycles. The van der Waals surface area contributed by atoms with Crippen LogP contribution in [0.3, 0.4) is 0 Å². The van der Waals surface area contributed by atoms with Crippen molar-refractivity contribution in [2.24, 2.45) is 0 Å². The number of rotatable bonds is 8. The van der Waals surface area contributed by atoms with Crippen molar-refractivity contribution < 1.29 is 18.7 Å². The van der Waals surface area contributed by atoms with Crippen LogP contribution in [-0.4, -0.2) is 60.2 Å². The Hall–Kier alpha value is -3.53. The lowest BCUT2D eigenvalue weighted by atomic mass is 10.1. The van der Waals surface area contributed by atoms with Gasteiger partial charge in [0.1, 0.15) is 16.8 Å². The molecule has 0 atom stereocenters. The zero-order valence-electron chi connectivity index (χ0n) is 19.7. The molecule has 0 spiro atoms. The molecule has 0 unspecified atom stereocenters. The van der Waals surface area contributed by atoms with Gasteiger partial charge in [-0.2, -0.15) is 4.98 Å². The van der Waals surface area contributed by atoms with E-state index in [1.807, 2.05) is 48.5 Å². The van der Waals surface area contributed by atoms with Gasteiger partial charge in [-0.05, 0) is 54.4 Å². The van der Waals surface area contributed by atoms with Gasteiger partial charge in [0.25, 0.3) is 5.91 Å². The zero-order chi connectivity index (χ0) is 24.3. The first-order valence-corrected chi connectivity index (χ1v) is 13.0. The Morgan fingerprint density at radius 2 is 1.92 bits per heavy atom. The second-order valence-electron chi connectivity index (χ2n) is 8.79. The minimum atomic E-state index is -0.329. The normalized spacial score (nSPS) is 14.6. The predicted octanol–water partition coefficient (Wildman–Crippen LogP) is 5.33. The number of unbranched alkanes of at least 4 members (excludes halogenated alkanes) is 1. The number of nitrogens with zero attached hydrogens (tertiary/aromatic N) is 3. The van der Waals surface area contributed by atoms with Crippen molar-refractivity contribution in [1.29, 1.82) is 0 Å². The van der Waals surface area contributed by atoms with Gasteiger partial charge in [0.15, 0.2) is 5.58 Å². The summed E-state index contributed by atoms with van der Waals surface area (Å²) in [5.74, 6) is 0.223. The lowest BCUT2D eigenvalue weighted by Gasteiger charge is -2.26. The second kappa shape index (κ2) is 10.2. The summed E-state index contributed by atoms with van der Waals surface area (Å²) in [4.78, 5) is 24.6. The maximum atomic E-state index is 13.3. The van der Waals surface area contributed by atoms with E-state index in [1.165, 1.54) is 11.3 Å². The molecular formula is C27H26N4O4S. The number of hydrogen-bond donors (Lipinski definition) is 1. The largest absolute Gasteiger partial charge is 0.493 e. The predicted molar refractivity (Wildman–Crippen MR) is 141 cm³/mol. The Balaban J connectivity index is 1.19. The lowest BCUT2D eigenvalue weighted by Crippen LogP contribution is -2.36. The van der Waals surface area contributed by atoms with Crippen LogP contribution in [0.2, 0.25) is 0 Å². The third kappa shape index (κ3) is 4.77. The molecule has 184 valence electrons. The molecule has 36 heavy (non-hydrogen) atoms. The number of carbonyl (C=O) groups is 1. The maximum absolute atomic E-state index is 13.3. The molecule has 8 nitrogen and oxygen atoms in total. The van der Waals surface area contributed by atoms with E-state index in [2.05, 4.69) is 20.2 Å². The summed E-state index contributed by atoms with van der Waals surface area (Å²) in [5.41, 5.74) is 4.18. The van der Waals surface area contributed by atoms with Gasteiger partial charge in [-0.3, -0.25) is 15.0 Å². The molecule has 5 aromatic rings. The summed E-state index contributed by atoms with van der Waals surface area (Å²) < 4.78 is 18.4. The molecular weight excluding hydrogens is 476 g/mol. The summed E-state index contributed by atoms with van der Waals surface area (Å²) >= 11 is 1.53. The van der Waals surface area contributed by atoms with E-state index in [0.29, 0.717) is 29.0 Å². The minimum Gasteiger partial charge on any atom is -0.493 e. The van der Waals surface area contributed by atoms with Gasteiger partial charge in [-0.25, -0.2) is 4.98 Å². The smallest absolute Gasteiger partial charge is 0.302 e. The third-order valence-electron chi connectivity index (χ3n) is 6.40. The molecule has 1 N–H and O–H groups in total. The van der Waals surface area contributed by atoms with Crippen LogP contribution in [0.5, 0.6) is 5.75 Å². The number of ether oxygens (including phenoxy) is 2. The number of fused-ring (bicyclic) bond motifs is 4. The standard InChI is InChI=1S/C27H26N4O4S/c32-26(30-27-29-21-7-8-23-24(25(21)35-27)28-17-36-23)20-15-18-5-1-2-6-19(18)16-22(20)34-12-4-3-9-31-10-13-33-14-11-31/h1-2,5-8,15-17H,3-4,9-14H2,(H,29,30,32). The fourth-order valence-corrected chi connectivity index (χ4v) is 5.17. The number of nitrogens with one attached hydrogen (secondary N) is 1. The minimum absolute atomic E-state index is 0.139. The Morgan fingerprint density at radius 1 is 1.08 bits per heavy atom. The molecule has 2 aromatic heterocycles. The molecule has 3 heterocycles. The molecule has 1 fully saturated rings. The molecule has 0 aliphatic carbocycles. The van der Waals surface area contributed by atoms with Crippen molar-refractivity contribution >= 4 is 55.3 Å². The van der Waals surface area contributed by atoms with Crippen LogP contribution >= 0.6 is 11.3 Å². The van der Waals surface area contributed by atoms with E-state index >= 15 is 0 Å². The van der Waals surface area contributed by atoms with E-state index in [4.69, 9.17) is 13.9 Å². The van der Waals surface area contributed by atoms with Crippen molar-refractivity contribution in [2.75, 3.05) is 44.8 Å². The fraction of sp³-hybridized carbons (Fsp3) is 0.296. The first kappa shape index (κ1) is 22.9. The van der Waals surface area contributed by atoms with Gasteiger partial charge in [-0.1, -0.05) is 24.3 Å². The number of hydrogen-bond acceptors (Lipinski definition) is 8. The Morgan fingerprint density at radius 3 is 2.78 bits per heavy atom. The van der Waals surface area contributed by atoms with Crippen molar-refractivity contribution in [2.45, 2.75) is 12.8 Å². The summed E-state index contributed by atoms with van der Waals surface area (Å²) in [6.45, 7) is 5.15. The van der Waals surface area contributed by atoms with Crippen molar-refractivity contribution in [3.63, 3.8) is 0 Å². The van der Waals surface area contributed by atoms with E-state index in [1.54, 1.807) is 5.51 Å². The first-order chi connectivity index (χ1) is 17.7. The average molecular weight is 503 g/mol. The van der Waals surface area contributed by atoms with Gasteiger partial charge >= 0.3 is 6.01 Å². The second-order valence-corrected chi connectivity index (χ2v) is 9.68. The molecule has 1 aliphatic heterocycles. The van der Waals surface area contributed by atoms with Crippen LogP contribution in [0.25, 0.3) is 32.1 Å². The number of thiazole rings is 1. The highest BCUT2D eigenvalue weighted by atomic mass is 32.1. The highest BCUT2D eigenvalue weighted by molar-refractivity contribution is 7.16. The van der Waals surface area contributed by atoms with E-state index in [0.717, 1.165) is 66.7 Å². The quantitative estimate of drug-likeness (QED) is 0.287. The Kier molecular flexibility index (Phi) is 6.50. The Bertz CT molecular complexity index is 1520. The van der Waals surface area contributed by atoms with Crippen LogP contribution in [-0.2, 0) is 4.74 Å². The van der Waals surface area contributed by atoms with Crippen molar-refractivity contribution in [3.8, 4) is 5.75 Å². The molecule has 6 rings (SSSR count). The van der Waals surface area contributed by atoms with Crippen LogP contribution in [0.15, 0.2) is 58.5 Å². The van der Waals surface area contributed by atoms with Crippen molar-refractivity contribution in [3.05, 3.63) is 59.6 Å². The number of morpholine rings is 1. The first-order valence-electron chi connectivity index (χ1n) is 12.1. The highest BCUT2D eigenvalue weighted by Gasteiger charge is 2.19. The maximum Gasteiger partial charge on any atom is 0.302 e. The summed E-state index contributed by atoms with van der Waals surface area (Å²) in [5, 5.41) is 4.80. The lowest BCUT2D eigenvalue weighted by molar-refractivity contribution is 0.0368. The van der Waals surface area contributed by atoms with Crippen LogP contribution < -0.4 is 10.1 Å². The van der Waals surface area contributed by atoms with Gasteiger partial charge < -0.3 is 13.9 Å². The van der Waals surface area contributed by atoms with Gasteiger partial charge in [-0.15, -0.1) is 11.3 Å². The van der Waals surface area contributed by atoms with E-state index < -0.39 is 0 Å². The average Bonchev–Trinajstić information content (AvgIpc) is 3.55. The molecule has 1 aliphatic rings. The van der Waals surface area contributed by atoms with E-state index in [-0.39, 0.29) is 11.9 Å². The van der Waals surface area contributed by atoms with Crippen LogP contribution in [0.4, 0.5) is 6.01 Å². The van der Waals surface area contributed by atoms with Gasteiger partial charge in [0.2, 0.25) is 0 Å². The molecule has 0 saturated carbocycles. The number of oxazole rings is 1. The van der Waals surface area contributed by atoms with Crippen LogP contribution in [0.1, 0.15) is 23.2 Å². The summed E-state index contributed by atoms with van der Waals surface area (Å²) in [6, 6.07) is 15.7. The number of aromatic nitrogens is 2. The SMILES string of the molecule is O=C(Nc1nc2ccc3scnc3c2o1)c1cc2ccccc2cc1OCCCCN1CCOCC1. The Labute approximate surface area is 211 Å². The monoisotopic (exact) mass is 502 g/mol. The number of benzene rings is 3. The number of anilines is 1. The van der Waals surface area contributed by atoms with E-state index in [9.17, 15) is 4.79 Å². The third-order valence-corrected chi connectivity index (χ3v) is 7.19. The summed E-state index contributed by atoms with van der Waals surface area (Å²) in [6.07, 6.45) is 1.93. The molecule has 0 radical (unpaired) electrons. The van der Waals surface area contributed by atoms with Crippen molar-refractivity contribution in [1.82, 2.24) is 14.9 Å². The number of carbonyl (C=O) groups excluding carboxylic acids is 1. The zero-order valence-corrected chi connectivity index (χ0v) is 20.6. The van der Waals surface area contributed by atoms with Crippen LogP contribution in [0, 0.1) is 0 Å².